The summed E-state index contributed by atoms with van der Waals surface area (Å²) in [6.45, 7) is 4.81. The van der Waals surface area contributed by atoms with E-state index in [9.17, 15) is 4.79 Å². The van der Waals surface area contributed by atoms with Gasteiger partial charge in [0.25, 0.3) is 0 Å². The third kappa shape index (κ3) is 6.88. The normalized spacial score (nSPS) is 12.5. The van der Waals surface area contributed by atoms with Gasteiger partial charge in [-0.15, -0.1) is 11.6 Å². The summed E-state index contributed by atoms with van der Waals surface area (Å²) in [5, 5.41) is 0. The number of alkyl halides is 1. The van der Waals surface area contributed by atoms with Gasteiger partial charge in [0.15, 0.2) is 0 Å². The van der Waals surface area contributed by atoms with E-state index in [2.05, 4.69) is 13.8 Å². The highest BCUT2D eigenvalue weighted by Gasteiger charge is 2.08. The Morgan fingerprint density at radius 1 is 1.46 bits per heavy atom. The number of ether oxygens (including phenoxy) is 1. The molecule has 0 unspecified atom stereocenters. The highest BCUT2D eigenvalue weighted by atomic mass is 35.5. The van der Waals surface area contributed by atoms with Gasteiger partial charge in [-0.1, -0.05) is 33.1 Å². The lowest BCUT2D eigenvalue weighted by atomic mass is 10.0. The predicted octanol–water partition coefficient (Wildman–Crippen LogP) is 2.98. The van der Waals surface area contributed by atoms with E-state index in [1.807, 2.05) is 0 Å². The van der Waals surface area contributed by atoms with Gasteiger partial charge in [-0.05, 0) is 12.3 Å². The molecule has 0 radical (unpaired) electrons. The molecule has 0 aliphatic rings. The lowest BCUT2D eigenvalue weighted by molar-refractivity contribution is -0.142. The molecule has 0 amide bonds. The SMILES string of the molecule is CCCC[C@@H](CC)COC(=O)CCl. The summed E-state index contributed by atoms with van der Waals surface area (Å²) in [4.78, 5) is 10.8. The van der Waals surface area contributed by atoms with Crippen LogP contribution in [-0.4, -0.2) is 18.5 Å². The van der Waals surface area contributed by atoms with Gasteiger partial charge in [-0.3, -0.25) is 4.79 Å². The van der Waals surface area contributed by atoms with Crippen LogP contribution in [0, 0.1) is 5.92 Å². The first-order valence-corrected chi connectivity index (χ1v) is 5.49. The maximum absolute atomic E-state index is 10.8. The lowest BCUT2D eigenvalue weighted by Gasteiger charge is -2.13. The highest BCUT2D eigenvalue weighted by Crippen LogP contribution is 2.12. The average Bonchev–Trinajstić information content (AvgIpc) is 2.17. The van der Waals surface area contributed by atoms with Gasteiger partial charge >= 0.3 is 5.97 Å². The topological polar surface area (TPSA) is 26.3 Å². The summed E-state index contributed by atoms with van der Waals surface area (Å²) in [7, 11) is 0. The van der Waals surface area contributed by atoms with Crippen molar-refractivity contribution in [3.8, 4) is 0 Å². The molecule has 0 heterocycles. The molecule has 0 aliphatic carbocycles. The molecule has 0 bridgehead atoms. The molecule has 0 spiro atoms. The molecule has 0 N–H and O–H groups in total. The number of hydrogen-bond acceptors (Lipinski definition) is 2. The first-order valence-electron chi connectivity index (χ1n) is 4.96. The van der Waals surface area contributed by atoms with E-state index in [4.69, 9.17) is 16.3 Å². The van der Waals surface area contributed by atoms with E-state index in [-0.39, 0.29) is 11.8 Å². The summed E-state index contributed by atoms with van der Waals surface area (Å²) in [5.74, 6) is 0.160. The van der Waals surface area contributed by atoms with Crippen LogP contribution in [0.2, 0.25) is 0 Å². The zero-order chi connectivity index (χ0) is 10.1. The Morgan fingerprint density at radius 3 is 2.62 bits per heavy atom. The van der Waals surface area contributed by atoms with Crippen molar-refractivity contribution < 1.29 is 9.53 Å². The van der Waals surface area contributed by atoms with E-state index in [1.165, 1.54) is 12.8 Å². The van der Waals surface area contributed by atoms with Crippen molar-refractivity contribution >= 4 is 17.6 Å². The Balaban J connectivity index is 3.52. The van der Waals surface area contributed by atoms with Crippen LogP contribution < -0.4 is 0 Å². The molecule has 0 aromatic carbocycles. The van der Waals surface area contributed by atoms with Gasteiger partial charge in [0.05, 0.1) is 6.61 Å². The molecule has 0 aromatic heterocycles. The predicted molar refractivity (Wildman–Crippen MR) is 55.0 cm³/mol. The number of unbranched alkanes of at least 4 members (excludes halogenated alkanes) is 1. The molecule has 0 aliphatic heterocycles. The Bertz CT molecular complexity index is 137. The van der Waals surface area contributed by atoms with Crippen molar-refractivity contribution in [3.63, 3.8) is 0 Å². The lowest BCUT2D eigenvalue weighted by Crippen LogP contribution is -2.14. The van der Waals surface area contributed by atoms with E-state index >= 15 is 0 Å². The van der Waals surface area contributed by atoms with Crippen LogP contribution in [0.1, 0.15) is 39.5 Å². The van der Waals surface area contributed by atoms with E-state index < -0.39 is 0 Å². The number of hydrogen-bond donors (Lipinski definition) is 0. The van der Waals surface area contributed by atoms with Gasteiger partial charge < -0.3 is 4.74 Å². The Labute approximate surface area is 85.6 Å². The van der Waals surface area contributed by atoms with Crippen LogP contribution in [0.15, 0.2) is 0 Å². The quantitative estimate of drug-likeness (QED) is 0.473. The second kappa shape index (κ2) is 8.36. The molecule has 1 atom stereocenters. The number of halogens is 1. The maximum Gasteiger partial charge on any atom is 0.320 e. The number of carbonyl (C=O) groups excluding carboxylic acids is 1. The minimum atomic E-state index is -0.309. The highest BCUT2D eigenvalue weighted by molar-refractivity contribution is 6.26. The number of carbonyl (C=O) groups is 1. The minimum Gasteiger partial charge on any atom is -0.465 e. The van der Waals surface area contributed by atoms with Gasteiger partial charge in [0.1, 0.15) is 5.88 Å². The largest absolute Gasteiger partial charge is 0.465 e. The molecule has 13 heavy (non-hydrogen) atoms. The third-order valence-electron chi connectivity index (χ3n) is 2.13. The first-order chi connectivity index (χ1) is 6.24. The third-order valence-corrected chi connectivity index (χ3v) is 2.35. The molecule has 0 rings (SSSR count). The second-order valence-electron chi connectivity index (χ2n) is 3.23. The van der Waals surface area contributed by atoms with E-state index in [0.717, 1.165) is 12.8 Å². The molecular weight excluding hydrogens is 188 g/mol. The molecule has 3 heteroatoms. The van der Waals surface area contributed by atoms with Crippen molar-refractivity contribution in [1.29, 1.82) is 0 Å². The van der Waals surface area contributed by atoms with Gasteiger partial charge in [-0.2, -0.15) is 0 Å². The Morgan fingerprint density at radius 2 is 2.15 bits per heavy atom. The Hall–Kier alpha value is -0.240. The summed E-state index contributed by atoms with van der Waals surface area (Å²) in [6.07, 6.45) is 4.61. The van der Waals surface area contributed by atoms with Gasteiger partial charge in [0, 0.05) is 0 Å². The van der Waals surface area contributed by atoms with Crippen LogP contribution in [0.25, 0.3) is 0 Å². The Kier molecular flexibility index (Phi) is 8.21. The van der Waals surface area contributed by atoms with Crippen molar-refractivity contribution in [2.45, 2.75) is 39.5 Å². The van der Waals surface area contributed by atoms with Crippen molar-refractivity contribution in [2.75, 3.05) is 12.5 Å². The van der Waals surface area contributed by atoms with Gasteiger partial charge in [-0.25, -0.2) is 0 Å². The first kappa shape index (κ1) is 12.8. The van der Waals surface area contributed by atoms with Crippen molar-refractivity contribution in [3.05, 3.63) is 0 Å². The maximum atomic E-state index is 10.8. The van der Waals surface area contributed by atoms with Crippen LogP contribution in [0.3, 0.4) is 0 Å². The van der Waals surface area contributed by atoms with Crippen molar-refractivity contribution in [2.24, 2.45) is 5.92 Å². The molecule has 0 aromatic rings. The molecule has 0 saturated carbocycles. The summed E-state index contributed by atoms with van der Waals surface area (Å²) >= 11 is 5.31. The minimum absolute atomic E-state index is 0.0375. The monoisotopic (exact) mass is 206 g/mol. The fourth-order valence-electron chi connectivity index (χ4n) is 1.15. The van der Waals surface area contributed by atoms with Crippen LogP contribution in [0.5, 0.6) is 0 Å². The van der Waals surface area contributed by atoms with Crippen LogP contribution in [-0.2, 0) is 9.53 Å². The number of esters is 1. The molecule has 2 nitrogen and oxygen atoms in total. The fraction of sp³-hybridized carbons (Fsp3) is 0.900. The van der Waals surface area contributed by atoms with Crippen molar-refractivity contribution in [1.82, 2.24) is 0 Å². The van der Waals surface area contributed by atoms with Crippen LogP contribution in [0.4, 0.5) is 0 Å². The molecule has 78 valence electrons. The van der Waals surface area contributed by atoms with E-state index in [0.29, 0.717) is 12.5 Å². The summed E-state index contributed by atoms with van der Waals surface area (Å²) in [5.41, 5.74) is 0. The standard InChI is InChI=1S/C10H19ClO2/c1-3-5-6-9(4-2)8-13-10(12)7-11/h9H,3-8H2,1-2H3/t9-/m1/s1. The van der Waals surface area contributed by atoms with Crippen LogP contribution >= 0.6 is 11.6 Å². The second-order valence-corrected chi connectivity index (χ2v) is 3.50. The smallest absolute Gasteiger partial charge is 0.320 e. The number of rotatable bonds is 7. The fourth-order valence-corrected chi connectivity index (χ4v) is 1.22. The molecule has 0 saturated heterocycles. The van der Waals surface area contributed by atoms with E-state index in [1.54, 1.807) is 0 Å². The summed E-state index contributed by atoms with van der Waals surface area (Å²) < 4.78 is 4.97. The zero-order valence-corrected chi connectivity index (χ0v) is 9.27. The molecule has 0 fully saturated rings. The molecular formula is C10H19ClO2. The average molecular weight is 207 g/mol. The summed E-state index contributed by atoms with van der Waals surface area (Å²) in [6, 6.07) is 0. The zero-order valence-electron chi connectivity index (χ0n) is 8.51. The van der Waals surface area contributed by atoms with Gasteiger partial charge in [0.2, 0.25) is 0 Å².